The Hall–Kier alpha value is -3.49. The summed E-state index contributed by atoms with van der Waals surface area (Å²) in [5.41, 5.74) is 1.86. The lowest BCUT2D eigenvalue weighted by atomic mass is 9.76. The number of carbonyl (C=O) groups excluding carboxylic acids is 2. The molecule has 0 amide bonds. The van der Waals surface area contributed by atoms with Gasteiger partial charge in [0.15, 0.2) is 11.2 Å². The molecular weight excluding hydrogens is 476 g/mol. The van der Waals surface area contributed by atoms with Gasteiger partial charge in [0, 0.05) is 17.7 Å². The molecule has 4 rings (SSSR count). The van der Waals surface area contributed by atoms with E-state index in [0.29, 0.717) is 42.0 Å². The molecule has 1 aliphatic carbocycles. The normalized spacial score (nSPS) is 23.7. The van der Waals surface area contributed by atoms with Crippen molar-refractivity contribution in [2.24, 2.45) is 11.8 Å². The van der Waals surface area contributed by atoms with Crippen LogP contribution in [-0.4, -0.2) is 46.2 Å². The summed E-state index contributed by atoms with van der Waals surface area (Å²) < 4.78 is 11.1. The first kappa shape index (κ1) is 28.1. The Morgan fingerprint density at radius 2 is 1.89 bits per heavy atom. The van der Waals surface area contributed by atoms with Crippen LogP contribution in [0.2, 0.25) is 0 Å². The van der Waals surface area contributed by atoms with E-state index in [1.807, 2.05) is 25.2 Å². The molecule has 4 unspecified atom stereocenters. The SMILES string of the molecule is CC1=CCc2c(cc3oc(C)cc(=O)c3c2O)OC1.CCCC=CC=CC1CC(O)C(O)C(=O)C1C=O. The van der Waals surface area contributed by atoms with Crippen LogP contribution >= 0.6 is 0 Å². The van der Waals surface area contributed by atoms with Crippen molar-refractivity contribution < 1.29 is 34.1 Å². The molecule has 2 heterocycles. The summed E-state index contributed by atoms with van der Waals surface area (Å²) in [4.78, 5) is 34.5. The third kappa shape index (κ3) is 6.64. The van der Waals surface area contributed by atoms with Crippen molar-refractivity contribution in [3.63, 3.8) is 0 Å². The zero-order valence-corrected chi connectivity index (χ0v) is 21.3. The van der Waals surface area contributed by atoms with E-state index in [1.54, 1.807) is 25.1 Å². The third-order valence-electron chi connectivity index (χ3n) is 6.46. The van der Waals surface area contributed by atoms with Gasteiger partial charge in [0.1, 0.15) is 47.2 Å². The van der Waals surface area contributed by atoms with Gasteiger partial charge in [0.2, 0.25) is 0 Å². The topological polar surface area (TPSA) is 134 Å². The number of ether oxygens (including phenoxy) is 1. The van der Waals surface area contributed by atoms with Gasteiger partial charge < -0.3 is 29.3 Å². The Morgan fingerprint density at radius 1 is 1.14 bits per heavy atom. The Kier molecular flexibility index (Phi) is 9.60. The number of phenols is 1. The summed E-state index contributed by atoms with van der Waals surface area (Å²) in [6, 6.07) is 3.07. The number of phenolic OH excluding ortho intramolecular Hbond substituents is 1. The first-order valence-electron chi connectivity index (χ1n) is 12.4. The fraction of sp³-hybridized carbons (Fsp3) is 0.414. The minimum atomic E-state index is -1.43. The molecule has 8 nitrogen and oxygen atoms in total. The zero-order valence-electron chi connectivity index (χ0n) is 21.3. The van der Waals surface area contributed by atoms with E-state index < -0.39 is 23.9 Å². The van der Waals surface area contributed by atoms with Crippen molar-refractivity contribution >= 4 is 23.0 Å². The van der Waals surface area contributed by atoms with Crippen molar-refractivity contribution in [3.8, 4) is 11.5 Å². The molecule has 198 valence electrons. The Balaban J connectivity index is 0.000000206. The maximum absolute atomic E-state index is 12.0. The van der Waals surface area contributed by atoms with Gasteiger partial charge in [-0.2, -0.15) is 0 Å². The average molecular weight is 511 g/mol. The number of aldehydes is 1. The number of unbranched alkanes of at least 4 members (excludes halogenated alkanes) is 1. The van der Waals surface area contributed by atoms with Crippen LogP contribution in [0.15, 0.2) is 57.3 Å². The van der Waals surface area contributed by atoms with Gasteiger partial charge in [0.05, 0.1) is 12.0 Å². The van der Waals surface area contributed by atoms with Gasteiger partial charge in [-0.3, -0.25) is 9.59 Å². The predicted molar refractivity (Wildman–Crippen MR) is 140 cm³/mol. The van der Waals surface area contributed by atoms with E-state index >= 15 is 0 Å². The molecule has 0 radical (unpaired) electrons. The number of aliphatic hydroxyl groups excluding tert-OH is 2. The second-order valence-corrected chi connectivity index (χ2v) is 9.42. The monoisotopic (exact) mass is 510 g/mol. The summed E-state index contributed by atoms with van der Waals surface area (Å²) in [6.45, 7) is 6.23. The number of aliphatic hydroxyl groups is 2. The number of aromatic hydroxyl groups is 1. The molecule has 0 bridgehead atoms. The van der Waals surface area contributed by atoms with Crippen LogP contribution in [0, 0.1) is 18.8 Å². The van der Waals surface area contributed by atoms with Crippen LogP contribution < -0.4 is 10.2 Å². The lowest BCUT2D eigenvalue weighted by Crippen LogP contribution is -2.47. The smallest absolute Gasteiger partial charge is 0.196 e. The van der Waals surface area contributed by atoms with Crippen LogP contribution in [0.4, 0.5) is 0 Å². The molecule has 1 aromatic heterocycles. The van der Waals surface area contributed by atoms with E-state index in [2.05, 4.69) is 6.92 Å². The number of Topliss-reactive ketones (excluding diaryl/α,β-unsaturated/α-hetero) is 1. The van der Waals surface area contributed by atoms with Crippen molar-refractivity contribution in [1.82, 2.24) is 0 Å². The minimum absolute atomic E-state index is 0.0350. The van der Waals surface area contributed by atoms with Crippen LogP contribution in [0.3, 0.4) is 0 Å². The first-order valence-corrected chi connectivity index (χ1v) is 12.4. The number of allylic oxidation sites excluding steroid dienone is 5. The lowest BCUT2D eigenvalue weighted by Gasteiger charge is -2.31. The molecule has 8 heteroatoms. The number of carbonyl (C=O) groups is 2. The highest BCUT2D eigenvalue weighted by Crippen LogP contribution is 2.37. The minimum Gasteiger partial charge on any atom is -0.507 e. The maximum Gasteiger partial charge on any atom is 0.196 e. The molecule has 1 aliphatic heterocycles. The van der Waals surface area contributed by atoms with Gasteiger partial charge in [-0.15, -0.1) is 0 Å². The van der Waals surface area contributed by atoms with Crippen LogP contribution in [0.25, 0.3) is 11.0 Å². The molecule has 2 aromatic rings. The standard InChI is InChI=1S/C15H14O4.C14H20O4/c1-8-3-4-10-12(18-7-8)6-13-14(15(10)17)11(16)5-9(2)19-13;1-2-3-4-5-6-7-10-8-12(16)14(18)13(17)11(10)9-15/h3,5-6,17H,4,7H2,1-2H3;4-7,9-12,14,16,18H,2-3,8H2,1H3. The summed E-state index contributed by atoms with van der Waals surface area (Å²) in [6.07, 6.45) is 10.3. The van der Waals surface area contributed by atoms with Gasteiger partial charge in [-0.05, 0) is 44.6 Å². The molecule has 4 atom stereocenters. The Bertz CT molecular complexity index is 1280. The summed E-state index contributed by atoms with van der Waals surface area (Å²) in [5.74, 6) is -0.714. The average Bonchev–Trinajstić information content (AvgIpc) is 3.04. The second kappa shape index (κ2) is 12.7. The number of aryl methyl sites for hydroxylation is 1. The van der Waals surface area contributed by atoms with Crippen molar-refractivity contribution in [2.45, 2.75) is 58.7 Å². The number of rotatable bonds is 5. The molecule has 2 aliphatic rings. The molecule has 1 aromatic carbocycles. The summed E-state index contributed by atoms with van der Waals surface area (Å²) in [7, 11) is 0. The quantitative estimate of drug-likeness (QED) is 0.240. The van der Waals surface area contributed by atoms with Gasteiger partial charge in [0.25, 0.3) is 0 Å². The van der Waals surface area contributed by atoms with Gasteiger partial charge in [-0.1, -0.05) is 43.7 Å². The molecule has 1 saturated carbocycles. The van der Waals surface area contributed by atoms with Crippen molar-refractivity contribution in [3.05, 3.63) is 69.6 Å². The van der Waals surface area contributed by atoms with Crippen LogP contribution in [0.1, 0.15) is 44.4 Å². The third-order valence-corrected chi connectivity index (χ3v) is 6.46. The second-order valence-electron chi connectivity index (χ2n) is 9.42. The van der Waals surface area contributed by atoms with E-state index in [1.165, 1.54) is 6.07 Å². The molecule has 37 heavy (non-hydrogen) atoms. The van der Waals surface area contributed by atoms with Gasteiger partial charge >= 0.3 is 0 Å². The number of ketones is 1. The zero-order chi connectivity index (χ0) is 27.1. The van der Waals surface area contributed by atoms with E-state index in [4.69, 9.17) is 9.15 Å². The van der Waals surface area contributed by atoms with Crippen molar-refractivity contribution in [1.29, 1.82) is 0 Å². The van der Waals surface area contributed by atoms with E-state index in [9.17, 15) is 29.7 Å². The molecule has 0 spiro atoms. The number of benzene rings is 1. The Morgan fingerprint density at radius 3 is 2.59 bits per heavy atom. The van der Waals surface area contributed by atoms with E-state index in [0.717, 1.165) is 18.4 Å². The molecule has 0 saturated heterocycles. The summed E-state index contributed by atoms with van der Waals surface area (Å²) in [5, 5.41) is 29.5. The molecule has 3 N–H and O–H groups in total. The fourth-order valence-corrected chi connectivity index (χ4v) is 4.36. The fourth-order valence-electron chi connectivity index (χ4n) is 4.36. The summed E-state index contributed by atoms with van der Waals surface area (Å²) >= 11 is 0. The maximum atomic E-state index is 12.0. The predicted octanol–water partition coefficient (Wildman–Crippen LogP) is 3.71. The van der Waals surface area contributed by atoms with Gasteiger partial charge in [-0.25, -0.2) is 0 Å². The highest BCUT2D eigenvalue weighted by atomic mass is 16.5. The van der Waals surface area contributed by atoms with Crippen molar-refractivity contribution in [2.75, 3.05) is 6.61 Å². The molecule has 1 fully saturated rings. The number of hydrogen-bond donors (Lipinski definition) is 3. The largest absolute Gasteiger partial charge is 0.507 e. The highest BCUT2D eigenvalue weighted by Gasteiger charge is 2.41. The molecular formula is C29H34O8. The number of hydrogen-bond acceptors (Lipinski definition) is 8. The van der Waals surface area contributed by atoms with Crippen LogP contribution in [-0.2, 0) is 16.0 Å². The first-order chi connectivity index (χ1) is 17.7. The van der Waals surface area contributed by atoms with E-state index in [-0.39, 0.29) is 28.9 Å². The lowest BCUT2D eigenvalue weighted by molar-refractivity contribution is -0.146. The Labute approximate surface area is 215 Å². The van der Waals surface area contributed by atoms with Crippen LogP contribution in [0.5, 0.6) is 11.5 Å². The number of fused-ring (bicyclic) bond motifs is 2. The highest BCUT2D eigenvalue weighted by molar-refractivity contribution is 5.97.